The van der Waals surface area contributed by atoms with Crippen LogP contribution in [0.15, 0.2) is 48.8 Å². The average Bonchev–Trinajstić information content (AvgIpc) is 3.17. The zero-order chi connectivity index (χ0) is 19.3. The Hall–Kier alpha value is -2.92. The van der Waals surface area contributed by atoms with Gasteiger partial charge in [0.15, 0.2) is 5.82 Å². The van der Waals surface area contributed by atoms with Crippen molar-refractivity contribution in [2.45, 2.75) is 5.75 Å². The summed E-state index contributed by atoms with van der Waals surface area (Å²) in [6, 6.07) is 7.84. The van der Waals surface area contributed by atoms with Crippen molar-refractivity contribution in [1.82, 2.24) is 24.7 Å². The van der Waals surface area contributed by atoms with Crippen molar-refractivity contribution >= 4 is 15.8 Å². The SMILES string of the molecule is O=S(=O)(Cc1cc(F)ccc1F)NCCNc1ccc(-n2cccn2)nn1. The predicted molar refractivity (Wildman–Crippen MR) is 94.6 cm³/mol. The summed E-state index contributed by atoms with van der Waals surface area (Å²) in [6.07, 6.45) is 3.35. The van der Waals surface area contributed by atoms with E-state index in [1.807, 2.05) is 0 Å². The van der Waals surface area contributed by atoms with Crippen LogP contribution < -0.4 is 10.0 Å². The average molecular weight is 394 g/mol. The molecule has 2 N–H and O–H groups in total. The second-order valence-electron chi connectivity index (χ2n) is 5.54. The summed E-state index contributed by atoms with van der Waals surface area (Å²) in [7, 11) is -3.81. The van der Waals surface area contributed by atoms with Gasteiger partial charge < -0.3 is 5.32 Å². The summed E-state index contributed by atoms with van der Waals surface area (Å²) in [4.78, 5) is 0. The van der Waals surface area contributed by atoms with E-state index in [1.165, 1.54) is 0 Å². The second-order valence-corrected chi connectivity index (χ2v) is 7.35. The molecule has 0 radical (unpaired) electrons. The Morgan fingerprint density at radius 1 is 1.07 bits per heavy atom. The molecule has 3 aromatic rings. The first-order chi connectivity index (χ1) is 12.9. The van der Waals surface area contributed by atoms with E-state index in [0.717, 1.165) is 18.2 Å². The summed E-state index contributed by atoms with van der Waals surface area (Å²) in [5, 5.41) is 14.9. The van der Waals surface area contributed by atoms with Crippen LogP contribution in [-0.2, 0) is 15.8 Å². The van der Waals surface area contributed by atoms with E-state index in [1.54, 1.807) is 35.3 Å². The molecule has 142 valence electrons. The van der Waals surface area contributed by atoms with E-state index in [0.29, 0.717) is 11.6 Å². The van der Waals surface area contributed by atoms with Crippen LogP contribution in [0.4, 0.5) is 14.6 Å². The van der Waals surface area contributed by atoms with Crippen LogP contribution in [-0.4, -0.2) is 41.5 Å². The standard InChI is InChI=1S/C16H16F2N6O2S/c17-13-2-3-14(18)12(10-13)11-27(25,26)21-8-7-19-15-4-5-16(23-22-15)24-9-1-6-20-24/h1-6,9-10,21H,7-8,11H2,(H,19,22). The van der Waals surface area contributed by atoms with Gasteiger partial charge in [-0.2, -0.15) is 5.10 Å². The maximum Gasteiger partial charge on any atom is 0.215 e. The van der Waals surface area contributed by atoms with Crippen LogP contribution in [0.25, 0.3) is 5.82 Å². The topological polar surface area (TPSA) is 102 Å². The van der Waals surface area contributed by atoms with Gasteiger partial charge in [0.05, 0.1) is 5.75 Å². The Labute approximate surface area is 154 Å². The fraction of sp³-hybridized carbons (Fsp3) is 0.188. The highest BCUT2D eigenvalue weighted by Gasteiger charge is 2.15. The Morgan fingerprint density at radius 3 is 2.63 bits per heavy atom. The van der Waals surface area contributed by atoms with E-state index in [-0.39, 0.29) is 18.7 Å². The molecular weight excluding hydrogens is 378 g/mol. The minimum atomic E-state index is -3.81. The van der Waals surface area contributed by atoms with E-state index >= 15 is 0 Å². The molecule has 0 saturated heterocycles. The number of aromatic nitrogens is 4. The van der Waals surface area contributed by atoms with E-state index in [2.05, 4.69) is 25.3 Å². The van der Waals surface area contributed by atoms with Crippen molar-refractivity contribution in [2.24, 2.45) is 0 Å². The van der Waals surface area contributed by atoms with Gasteiger partial charge >= 0.3 is 0 Å². The largest absolute Gasteiger partial charge is 0.367 e. The molecule has 3 rings (SSSR count). The highest BCUT2D eigenvalue weighted by Crippen LogP contribution is 2.12. The molecule has 0 bridgehead atoms. The van der Waals surface area contributed by atoms with Gasteiger partial charge in [0.2, 0.25) is 10.0 Å². The molecule has 0 saturated carbocycles. The highest BCUT2D eigenvalue weighted by atomic mass is 32.2. The monoisotopic (exact) mass is 394 g/mol. The Kier molecular flexibility index (Phi) is 5.72. The molecule has 0 amide bonds. The van der Waals surface area contributed by atoms with Crippen LogP contribution in [0, 0.1) is 11.6 Å². The third-order valence-electron chi connectivity index (χ3n) is 3.50. The van der Waals surface area contributed by atoms with Gasteiger partial charge in [-0.15, -0.1) is 10.2 Å². The van der Waals surface area contributed by atoms with Crippen LogP contribution >= 0.6 is 0 Å². The number of hydrogen-bond acceptors (Lipinski definition) is 6. The highest BCUT2D eigenvalue weighted by molar-refractivity contribution is 7.88. The molecule has 8 nitrogen and oxygen atoms in total. The lowest BCUT2D eigenvalue weighted by Gasteiger charge is -2.09. The lowest BCUT2D eigenvalue weighted by atomic mass is 10.2. The molecule has 2 aromatic heterocycles. The number of nitrogens with zero attached hydrogens (tertiary/aromatic N) is 4. The van der Waals surface area contributed by atoms with Crippen LogP contribution in [0.5, 0.6) is 0 Å². The van der Waals surface area contributed by atoms with E-state index in [9.17, 15) is 17.2 Å². The molecule has 0 fully saturated rings. The third-order valence-corrected chi connectivity index (χ3v) is 4.83. The minimum Gasteiger partial charge on any atom is -0.367 e. The maximum absolute atomic E-state index is 13.6. The summed E-state index contributed by atoms with van der Waals surface area (Å²) < 4.78 is 54.5. The maximum atomic E-state index is 13.6. The quantitative estimate of drug-likeness (QED) is 0.561. The van der Waals surface area contributed by atoms with Gasteiger partial charge in [0, 0.05) is 31.0 Å². The van der Waals surface area contributed by atoms with E-state index in [4.69, 9.17) is 0 Å². The number of sulfonamides is 1. The van der Waals surface area contributed by atoms with Gasteiger partial charge in [-0.25, -0.2) is 26.6 Å². The van der Waals surface area contributed by atoms with E-state index < -0.39 is 27.4 Å². The van der Waals surface area contributed by atoms with Crippen molar-refractivity contribution in [3.63, 3.8) is 0 Å². The summed E-state index contributed by atoms with van der Waals surface area (Å²) >= 11 is 0. The van der Waals surface area contributed by atoms with Crippen molar-refractivity contribution in [2.75, 3.05) is 18.4 Å². The van der Waals surface area contributed by atoms with Crippen molar-refractivity contribution < 1.29 is 17.2 Å². The molecule has 2 heterocycles. The molecule has 0 aliphatic rings. The lowest BCUT2D eigenvalue weighted by molar-refractivity contribution is 0.571. The molecule has 27 heavy (non-hydrogen) atoms. The summed E-state index contributed by atoms with van der Waals surface area (Å²) in [6.45, 7) is 0.280. The first kappa shape index (κ1) is 18.9. The number of benzene rings is 1. The van der Waals surface area contributed by atoms with Crippen LogP contribution in [0.2, 0.25) is 0 Å². The Morgan fingerprint density at radius 2 is 1.93 bits per heavy atom. The lowest BCUT2D eigenvalue weighted by Crippen LogP contribution is -2.30. The molecule has 0 aliphatic carbocycles. The molecule has 0 atom stereocenters. The van der Waals surface area contributed by atoms with Gasteiger partial charge in [-0.1, -0.05) is 0 Å². The minimum absolute atomic E-state index is 0.0435. The molecule has 0 aliphatic heterocycles. The van der Waals surface area contributed by atoms with Crippen molar-refractivity contribution in [3.8, 4) is 5.82 Å². The van der Waals surface area contributed by atoms with Gasteiger partial charge in [-0.05, 0) is 36.4 Å². The zero-order valence-electron chi connectivity index (χ0n) is 14.0. The Balaban J connectivity index is 1.48. The number of anilines is 1. The molecule has 0 spiro atoms. The third kappa shape index (κ3) is 5.28. The fourth-order valence-electron chi connectivity index (χ4n) is 2.25. The summed E-state index contributed by atoms with van der Waals surface area (Å²) in [5.41, 5.74) is -0.226. The van der Waals surface area contributed by atoms with Gasteiger partial charge in [-0.3, -0.25) is 0 Å². The zero-order valence-corrected chi connectivity index (χ0v) is 14.8. The normalized spacial score (nSPS) is 11.5. The first-order valence-electron chi connectivity index (χ1n) is 7.92. The van der Waals surface area contributed by atoms with Crippen LogP contribution in [0.3, 0.4) is 0 Å². The molecule has 11 heteroatoms. The van der Waals surface area contributed by atoms with Crippen LogP contribution in [0.1, 0.15) is 5.56 Å². The van der Waals surface area contributed by atoms with Crippen molar-refractivity contribution in [3.05, 3.63) is 66.0 Å². The number of halogens is 2. The number of rotatable bonds is 8. The first-order valence-corrected chi connectivity index (χ1v) is 9.57. The van der Waals surface area contributed by atoms with Crippen molar-refractivity contribution in [1.29, 1.82) is 0 Å². The van der Waals surface area contributed by atoms with Gasteiger partial charge in [0.25, 0.3) is 0 Å². The second kappa shape index (κ2) is 8.18. The predicted octanol–water partition coefficient (Wildman–Crippen LogP) is 1.47. The summed E-state index contributed by atoms with van der Waals surface area (Å²) in [5.74, 6) is -1.10. The molecule has 0 unspecified atom stereocenters. The molecule has 1 aromatic carbocycles. The smallest absolute Gasteiger partial charge is 0.215 e. The fourth-order valence-corrected chi connectivity index (χ4v) is 3.40. The van der Waals surface area contributed by atoms with Gasteiger partial charge in [0.1, 0.15) is 17.5 Å². The number of nitrogens with one attached hydrogen (secondary N) is 2. The molecular formula is C16H16F2N6O2S. The Bertz CT molecular complexity index is 994. The number of hydrogen-bond donors (Lipinski definition) is 2.